The molecule has 0 radical (unpaired) electrons. The van der Waals surface area contributed by atoms with Gasteiger partial charge in [-0.2, -0.15) is 5.26 Å². The maximum Gasteiger partial charge on any atom is 0.225 e. The van der Waals surface area contributed by atoms with Crippen molar-refractivity contribution in [2.45, 2.75) is 40.0 Å². The molecule has 0 aromatic heterocycles. The second-order valence-corrected chi connectivity index (χ2v) is 4.98. The summed E-state index contributed by atoms with van der Waals surface area (Å²) < 4.78 is 0. The third kappa shape index (κ3) is 3.59. The first-order valence-electron chi connectivity index (χ1n) is 6.24. The highest BCUT2D eigenvalue weighted by Gasteiger charge is 2.13. The van der Waals surface area contributed by atoms with Gasteiger partial charge in [0.25, 0.3) is 0 Å². The lowest BCUT2D eigenvalue weighted by molar-refractivity contribution is -0.116. The van der Waals surface area contributed by atoms with Crippen LogP contribution in [0.25, 0.3) is 0 Å². The molecule has 0 aliphatic carbocycles. The fraction of sp³-hybridized carbons (Fsp3) is 0.467. The maximum atomic E-state index is 11.8. The minimum atomic E-state index is -0.253. The number of anilines is 1. The molecule has 1 N–H and O–H groups in total. The van der Waals surface area contributed by atoms with Gasteiger partial charge in [-0.05, 0) is 30.9 Å². The van der Waals surface area contributed by atoms with Gasteiger partial charge in [0, 0.05) is 12.1 Å². The fourth-order valence-electron chi connectivity index (χ4n) is 1.86. The monoisotopic (exact) mass is 244 g/mol. The van der Waals surface area contributed by atoms with Gasteiger partial charge in [-0.1, -0.05) is 32.0 Å². The third-order valence-corrected chi connectivity index (χ3v) is 2.90. The Morgan fingerprint density at radius 3 is 2.61 bits per heavy atom. The lowest BCUT2D eigenvalue weighted by Crippen LogP contribution is -2.16. The Morgan fingerprint density at radius 1 is 1.39 bits per heavy atom. The number of carbonyl (C=O) groups is 1. The van der Waals surface area contributed by atoms with E-state index in [1.54, 1.807) is 6.92 Å². The first-order chi connectivity index (χ1) is 8.45. The number of amides is 1. The van der Waals surface area contributed by atoms with E-state index in [1.807, 2.05) is 25.1 Å². The Bertz CT molecular complexity index is 472. The Morgan fingerprint density at radius 2 is 2.06 bits per heavy atom. The molecule has 0 spiro atoms. The van der Waals surface area contributed by atoms with Crippen LogP contribution in [-0.2, 0) is 4.79 Å². The molecular weight excluding hydrogens is 224 g/mol. The molecule has 1 rings (SSSR count). The van der Waals surface area contributed by atoms with Crippen molar-refractivity contribution in [2.24, 2.45) is 5.92 Å². The molecule has 3 heteroatoms. The molecule has 0 aliphatic rings. The average molecular weight is 244 g/mol. The topological polar surface area (TPSA) is 52.9 Å². The van der Waals surface area contributed by atoms with Crippen LogP contribution < -0.4 is 5.32 Å². The van der Waals surface area contributed by atoms with Crippen LogP contribution in [0.15, 0.2) is 18.2 Å². The van der Waals surface area contributed by atoms with E-state index >= 15 is 0 Å². The molecule has 1 aromatic rings. The molecule has 0 saturated carbocycles. The molecule has 3 nitrogen and oxygen atoms in total. The molecule has 1 aromatic carbocycles. The van der Waals surface area contributed by atoms with E-state index in [0.29, 0.717) is 5.92 Å². The van der Waals surface area contributed by atoms with E-state index in [4.69, 9.17) is 5.26 Å². The normalized spacial score (nSPS) is 12.0. The molecule has 96 valence electrons. The van der Waals surface area contributed by atoms with Gasteiger partial charge in [0.1, 0.15) is 0 Å². The lowest BCUT2D eigenvalue weighted by Gasteiger charge is -2.16. The van der Waals surface area contributed by atoms with Gasteiger partial charge in [0.2, 0.25) is 5.91 Å². The average Bonchev–Trinajstić information content (AvgIpc) is 2.31. The predicted molar refractivity (Wildman–Crippen MR) is 73.3 cm³/mol. The Balaban J connectivity index is 2.90. The van der Waals surface area contributed by atoms with Crippen LogP contribution in [0, 0.1) is 24.2 Å². The molecular formula is C15H20N2O. The number of nitrogens with one attached hydrogen (secondary N) is 1. The van der Waals surface area contributed by atoms with Crippen LogP contribution in [0.1, 0.15) is 44.2 Å². The van der Waals surface area contributed by atoms with Crippen LogP contribution in [-0.4, -0.2) is 5.91 Å². The van der Waals surface area contributed by atoms with Crippen molar-refractivity contribution in [3.05, 3.63) is 29.3 Å². The molecule has 1 atom stereocenters. The summed E-state index contributed by atoms with van der Waals surface area (Å²) in [6, 6.07) is 8.08. The summed E-state index contributed by atoms with van der Waals surface area (Å²) >= 11 is 0. The van der Waals surface area contributed by atoms with Crippen LogP contribution in [0.4, 0.5) is 5.69 Å². The zero-order valence-corrected chi connectivity index (χ0v) is 11.4. The predicted octanol–water partition coefficient (Wildman–Crippen LogP) is 3.61. The summed E-state index contributed by atoms with van der Waals surface area (Å²) in [5, 5.41) is 11.7. The van der Waals surface area contributed by atoms with Crippen molar-refractivity contribution < 1.29 is 4.79 Å². The zero-order chi connectivity index (χ0) is 13.7. The Hall–Kier alpha value is -1.82. The lowest BCUT2D eigenvalue weighted by atomic mass is 9.98. The zero-order valence-electron chi connectivity index (χ0n) is 11.4. The van der Waals surface area contributed by atoms with Gasteiger partial charge >= 0.3 is 0 Å². The molecule has 0 bridgehead atoms. The summed E-state index contributed by atoms with van der Waals surface area (Å²) in [6.07, 6.45) is 0.238. The van der Waals surface area contributed by atoms with Gasteiger partial charge < -0.3 is 5.32 Å². The maximum absolute atomic E-state index is 11.8. The number of hydrogen-bond acceptors (Lipinski definition) is 2. The summed E-state index contributed by atoms with van der Waals surface area (Å²) in [6.45, 7) is 7.93. The fourth-order valence-corrected chi connectivity index (χ4v) is 1.86. The highest BCUT2D eigenvalue weighted by atomic mass is 16.1. The van der Waals surface area contributed by atoms with E-state index in [2.05, 4.69) is 25.2 Å². The molecule has 1 amide bonds. The van der Waals surface area contributed by atoms with Crippen LogP contribution >= 0.6 is 0 Å². The van der Waals surface area contributed by atoms with E-state index in [0.717, 1.165) is 16.8 Å². The summed E-state index contributed by atoms with van der Waals surface area (Å²) in [7, 11) is 0. The van der Waals surface area contributed by atoms with Gasteiger partial charge in [-0.3, -0.25) is 4.79 Å². The number of nitrogens with zero attached hydrogens (tertiary/aromatic N) is 1. The van der Waals surface area contributed by atoms with E-state index in [9.17, 15) is 4.79 Å². The van der Waals surface area contributed by atoms with Crippen molar-refractivity contribution in [2.75, 3.05) is 5.32 Å². The van der Waals surface area contributed by atoms with Crippen molar-refractivity contribution in [1.29, 1.82) is 5.26 Å². The van der Waals surface area contributed by atoms with Gasteiger partial charge in [0.05, 0.1) is 12.0 Å². The highest BCUT2D eigenvalue weighted by Crippen LogP contribution is 2.27. The first-order valence-corrected chi connectivity index (χ1v) is 6.24. The molecule has 0 heterocycles. The smallest absolute Gasteiger partial charge is 0.225 e. The van der Waals surface area contributed by atoms with Crippen molar-refractivity contribution >= 4 is 11.6 Å². The van der Waals surface area contributed by atoms with Crippen LogP contribution in [0.2, 0.25) is 0 Å². The van der Waals surface area contributed by atoms with E-state index < -0.39 is 0 Å². The van der Waals surface area contributed by atoms with Crippen molar-refractivity contribution in [3.63, 3.8) is 0 Å². The number of carbonyl (C=O) groups excluding carboxylic acids is 1. The standard InChI is InChI=1S/C15H20N2O/c1-10(2)13-7-5-6-12(4)15(13)17-14(18)8-11(3)9-16/h5-7,10-11H,8H2,1-4H3,(H,17,18). The van der Waals surface area contributed by atoms with Gasteiger partial charge in [0.15, 0.2) is 0 Å². The first kappa shape index (κ1) is 14.2. The van der Waals surface area contributed by atoms with Crippen LogP contribution in [0.5, 0.6) is 0 Å². The summed E-state index contributed by atoms with van der Waals surface area (Å²) in [5.74, 6) is 0.00496. The summed E-state index contributed by atoms with van der Waals surface area (Å²) in [5.41, 5.74) is 3.08. The number of benzene rings is 1. The Labute approximate surface area is 109 Å². The number of nitriles is 1. The largest absolute Gasteiger partial charge is 0.326 e. The van der Waals surface area contributed by atoms with E-state index in [-0.39, 0.29) is 18.2 Å². The second kappa shape index (κ2) is 6.20. The van der Waals surface area contributed by atoms with Crippen molar-refractivity contribution in [3.8, 4) is 6.07 Å². The van der Waals surface area contributed by atoms with Crippen LogP contribution in [0.3, 0.4) is 0 Å². The molecule has 0 fully saturated rings. The highest BCUT2D eigenvalue weighted by molar-refractivity contribution is 5.92. The van der Waals surface area contributed by atoms with Gasteiger partial charge in [-0.15, -0.1) is 0 Å². The molecule has 0 saturated heterocycles. The number of aryl methyl sites for hydroxylation is 1. The number of rotatable bonds is 4. The van der Waals surface area contributed by atoms with E-state index in [1.165, 1.54) is 0 Å². The minimum absolute atomic E-state index is 0.0970. The Kier molecular flexibility index (Phi) is 4.91. The van der Waals surface area contributed by atoms with Gasteiger partial charge in [-0.25, -0.2) is 0 Å². The number of para-hydroxylation sites is 1. The number of hydrogen-bond donors (Lipinski definition) is 1. The molecule has 0 aliphatic heterocycles. The summed E-state index contributed by atoms with van der Waals surface area (Å²) in [4.78, 5) is 11.8. The minimum Gasteiger partial charge on any atom is -0.326 e. The third-order valence-electron chi connectivity index (χ3n) is 2.90. The molecule has 18 heavy (non-hydrogen) atoms. The molecule has 1 unspecified atom stereocenters. The van der Waals surface area contributed by atoms with Crippen molar-refractivity contribution in [1.82, 2.24) is 0 Å². The quantitative estimate of drug-likeness (QED) is 0.879. The SMILES string of the molecule is Cc1cccc(C(C)C)c1NC(=O)CC(C)C#N. The second-order valence-electron chi connectivity index (χ2n) is 4.98.